The number of imidazole rings is 1. The average Bonchev–Trinajstić information content (AvgIpc) is 3.03. The van der Waals surface area contributed by atoms with Crippen LogP contribution >= 0.6 is 0 Å². The Morgan fingerprint density at radius 3 is 2.75 bits per heavy atom. The number of likely N-dealkylation sites (tertiary alicyclic amines) is 1. The van der Waals surface area contributed by atoms with Crippen molar-refractivity contribution in [2.45, 2.75) is 39.7 Å². The van der Waals surface area contributed by atoms with Gasteiger partial charge in [0.1, 0.15) is 5.82 Å². The van der Waals surface area contributed by atoms with E-state index >= 15 is 0 Å². The molecule has 1 aliphatic heterocycles. The Labute approximate surface area is 120 Å². The van der Waals surface area contributed by atoms with Crippen LogP contribution in [0.1, 0.15) is 32.5 Å². The topological polar surface area (TPSA) is 34.0 Å². The van der Waals surface area contributed by atoms with Crippen molar-refractivity contribution in [2.75, 3.05) is 19.6 Å². The number of fused-ring (bicyclic) bond motifs is 1. The first-order chi connectivity index (χ1) is 9.74. The summed E-state index contributed by atoms with van der Waals surface area (Å²) in [7, 11) is 0. The van der Waals surface area contributed by atoms with Crippen LogP contribution in [-0.4, -0.2) is 39.1 Å². The molecule has 1 fully saturated rings. The van der Waals surface area contributed by atoms with Gasteiger partial charge in [0.15, 0.2) is 5.65 Å². The van der Waals surface area contributed by atoms with Gasteiger partial charge in [-0.3, -0.25) is 0 Å². The lowest BCUT2D eigenvalue weighted by Crippen LogP contribution is -2.25. The Kier molecular flexibility index (Phi) is 4.01. The summed E-state index contributed by atoms with van der Waals surface area (Å²) in [5, 5.41) is 0. The Morgan fingerprint density at radius 1 is 1.20 bits per heavy atom. The normalized spacial score (nSPS) is 16.6. The fraction of sp³-hybridized carbons (Fsp3) is 0.625. The van der Waals surface area contributed by atoms with Crippen molar-refractivity contribution < 1.29 is 0 Å². The number of hydrogen-bond acceptors (Lipinski definition) is 3. The molecule has 4 heteroatoms. The summed E-state index contributed by atoms with van der Waals surface area (Å²) in [6.07, 6.45) is 5.56. The number of rotatable bonds is 5. The standard InChI is InChI=1S/C16H24N4/c1-13(2)12-15-18-16-14(6-5-7-17-16)20(15)11-10-19-8-3-4-9-19/h5-7,13H,3-4,8-12H2,1-2H3. The second kappa shape index (κ2) is 5.92. The third-order valence-electron chi connectivity index (χ3n) is 4.03. The van der Waals surface area contributed by atoms with E-state index in [9.17, 15) is 0 Å². The van der Waals surface area contributed by atoms with Crippen LogP contribution in [-0.2, 0) is 13.0 Å². The van der Waals surface area contributed by atoms with E-state index in [4.69, 9.17) is 4.98 Å². The van der Waals surface area contributed by atoms with Crippen LogP contribution in [0.25, 0.3) is 11.2 Å². The Morgan fingerprint density at radius 2 is 2.00 bits per heavy atom. The molecule has 0 aliphatic carbocycles. The Bertz CT molecular complexity index is 567. The number of aromatic nitrogens is 3. The number of pyridine rings is 1. The third kappa shape index (κ3) is 2.85. The summed E-state index contributed by atoms with van der Waals surface area (Å²) in [6.45, 7) is 9.17. The lowest BCUT2D eigenvalue weighted by Gasteiger charge is -2.17. The lowest BCUT2D eigenvalue weighted by molar-refractivity contribution is 0.321. The predicted molar refractivity (Wildman–Crippen MR) is 81.7 cm³/mol. The third-order valence-corrected chi connectivity index (χ3v) is 4.03. The van der Waals surface area contributed by atoms with Crippen molar-refractivity contribution in [2.24, 2.45) is 5.92 Å². The first kappa shape index (κ1) is 13.6. The van der Waals surface area contributed by atoms with E-state index in [1.807, 2.05) is 12.3 Å². The fourth-order valence-electron chi connectivity index (χ4n) is 3.03. The molecule has 0 saturated carbocycles. The molecular formula is C16H24N4. The minimum absolute atomic E-state index is 0.623. The molecule has 0 radical (unpaired) electrons. The van der Waals surface area contributed by atoms with Gasteiger partial charge >= 0.3 is 0 Å². The van der Waals surface area contributed by atoms with Gasteiger partial charge in [0.05, 0.1) is 5.52 Å². The van der Waals surface area contributed by atoms with Crippen LogP contribution in [0.2, 0.25) is 0 Å². The van der Waals surface area contributed by atoms with Crippen molar-refractivity contribution >= 4 is 11.2 Å². The molecule has 0 atom stereocenters. The summed E-state index contributed by atoms with van der Waals surface area (Å²) < 4.78 is 2.38. The van der Waals surface area contributed by atoms with E-state index in [0.717, 1.165) is 25.2 Å². The molecule has 0 aromatic carbocycles. The summed E-state index contributed by atoms with van der Waals surface area (Å²) in [6, 6.07) is 4.15. The van der Waals surface area contributed by atoms with E-state index in [1.165, 1.54) is 37.3 Å². The number of hydrogen-bond donors (Lipinski definition) is 0. The largest absolute Gasteiger partial charge is 0.325 e. The first-order valence-corrected chi connectivity index (χ1v) is 7.76. The average molecular weight is 272 g/mol. The second-order valence-electron chi connectivity index (χ2n) is 6.17. The summed E-state index contributed by atoms with van der Waals surface area (Å²) in [4.78, 5) is 11.7. The van der Waals surface area contributed by atoms with Crippen LogP contribution in [0, 0.1) is 5.92 Å². The molecule has 0 N–H and O–H groups in total. The zero-order valence-electron chi connectivity index (χ0n) is 12.5. The molecule has 2 aromatic rings. The van der Waals surface area contributed by atoms with E-state index < -0.39 is 0 Å². The molecule has 1 saturated heterocycles. The monoisotopic (exact) mass is 272 g/mol. The van der Waals surface area contributed by atoms with Gasteiger partial charge in [-0.15, -0.1) is 0 Å². The van der Waals surface area contributed by atoms with Crippen molar-refractivity contribution in [3.8, 4) is 0 Å². The van der Waals surface area contributed by atoms with Crippen molar-refractivity contribution in [1.82, 2.24) is 19.4 Å². The Balaban J connectivity index is 1.85. The lowest BCUT2D eigenvalue weighted by atomic mass is 10.1. The summed E-state index contributed by atoms with van der Waals surface area (Å²) in [5.74, 6) is 1.81. The zero-order valence-corrected chi connectivity index (χ0v) is 12.5. The van der Waals surface area contributed by atoms with Gasteiger partial charge in [-0.05, 0) is 44.0 Å². The van der Waals surface area contributed by atoms with Gasteiger partial charge in [0, 0.05) is 25.7 Å². The minimum atomic E-state index is 0.623. The molecule has 3 rings (SSSR count). The highest BCUT2D eigenvalue weighted by Gasteiger charge is 2.15. The van der Waals surface area contributed by atoms with Crippen molar-refractivity contribution in [1.29, 1.82) is 0 Å². The number of nitrogens with zero attached hydrogens (tertiary/aromatic N) is 4. The van der Waals surface area contributed by atoms with E-state index in [2.05, 4.69) is 34.4 Å². The molecule has 0 amide bonds. The van der Waals surface area contributed by atoms with Gasteiger partial charge in [-0.1, -0.05) is 13.8 Å². The maximum atomic E-state index is 4.73. The molecule has 4 nitrogen and oxygen atoms in total. The smallest absolute Gasteiger partial charge is 0.177 e. The second-order valence-corrected chi connectivity index (χ2v) is 6.17. The quantitative estimate of drug-likeness (QED) is 0.839. The molecule has 3 heterocycles. The van der Waals surface area contributed by atoms with E-state index in [1.54, 1.807) is 0 Å². The molecule has 0 unspecified atom stereocenters. The van der Waals surface area contributed by atoms with Crippen LogP contribution in [0.15, 0.2) is 18.3 Å². The van der Waals surface area contributed by atoms with Crippen LogP contribution in [0.5, 0.6) is 0 Å². The molecule has 0 bridgehead atoms. The van der Waals surface area contributed by atoms with Gasteiger partial charge in [-0.2, -0.15) is 0 Å². The van der Waals surface area contributed by atoms with Gasteiger partial charge in [0.25, 0.3) is 0 Å². The SMILES string of the molecule is CC(C)Cc1nc2ncccc2n1CCN1CCCC1. The highest BCUT2D eigenvalue weighted by atomic mass is 15.2. The first-order valence-electron chi connectivity index (χ1n) is 7.76. The van der Waals surface area contributed by atoms with Crippen molar-refractivity contribution in [3.63, 3.8) is 0 Å². The maximum Gasteiger partial charge on any atom is 0.177 e. The molecule has 0 spiro atoms. The van der Waals surface area contributed by atoms with Gasteiger partial charge in [-0.25, -0.2) is 9.97 Å². The van der Waals surface area contributed by atoms with Crippen LogP contribution < -0.4 is 0 Å². The fourth-order valence-corrected chi connectivity index (χ4v) is 3.03. The molecule has 1 aliphatic rings. The maximum absolute atomic E-state index is 4.73. The van der Waals surface area contributed by atoms with E-state index in [0.29, 0.717) is 5.92 Å². The zero-order chi connectivity index (χ0) is 13.9. The molecule has 2 aromatic heterocycles. The minimum Gasteiger partial charge on any atom is -0.325 e. The van der Waals surface area contributed by atoms with Gasteiger partial charge < -0.3 is 9.47 Å². The molecular weight excluding hydrogens is 248 g/mol. The van der Waals surface area contributed by atoms with Gasteiger partial charge in [0.2, 0.25) is 0 Å². The highest BCUT2D eigenvalue weighted by molar-refractivity contribution is 5.71. The van der Waals surface area contributed by atoms with E-state index in [-0.39, 0.29) is 0 Å². The van der Waals surface area contributed by atoms with Crippen LogP contribution in [0.3, 0.4) is 0 Å². The molecule has 108 valence electrons. The Hall–Kier alpha value is -1.42. The predicted octanol–water partition coefficient (Wildman–Crippen LogP) is 2.73. The molecule has 20 heavy (non-hydrogen) atoms. The summed E-state index contributed by atoms with van der Waals surface area (Å²) in [5.41, 5.74) is 2.08. The van der Waals surface area contributed by atoms with Crippen molar-refractivity contribution in [3.05, 3.63) is 24.2 Å². The highest BCUT2D eigenvalue weighted by Crippen LogP contribution is 2.17. The summed E-state index contributed by atoms with van der Waals surface area (Å²) >= 11 is 0. The van der Waals surface area contributed by atoms with Crippen LogP contribution in [0.4, 0.5) is 0 Å².